The minimum atomic E-state index is -0.443. The molecule has 1 fully saturated rings. The molecule has 98 valence electrons. The largest absolute Gasteiger partial charge is 0.349 e. The van der Waals surface area contributed by atoms with Gasteiger partial charge in [0.05, 0.1) is 5.69 Å². The molecule has 19 heavy (non-hydrogen) atoms. The molecule has 3 rings (SSSR count). The van der Waals surface area contributed by atoms with Crippen LogP contribution in [0, 0.1) is 5.82 Å². The lowest BCUT2D eigenvalue weighted by molar-refractivity contribution is 0.0951. The molecule has 1 aromatic heterocycles. The zero-order valence-electron chi connectivity index (χ0n) is 10.6. The lowest BCUT2D eigenvalue weighted by atomic mass is 10.1. The summed E-state index contributed by atoms with van der Waals surface area (Å²) in [7, 11) is 1.67. The van der Waals surface area contributed by atoms with Crippen LogP contribution in [0.5, 0.6) is 0 Å². The number of hydrogen-bond acceptors (Lipinski definition) is 2. The van der Waals surface area contributed by atoms with Gasteiger partial charge in [0.15, 0.2) is 0 Å². The van der Waals surface area contributed by atoms with E-state index in [-0.39, 0.29) is 11.9 Å². The summed E-state index contributed by atoms with van der Waals surface area (Å²) in [6.45, 7) is 3.66. The van der Waals surface area contributed by atoms with Gasteiger partial charge in [-0.05, 0) is 31.1 Å². The zero-order valence-corrected chi connectivity index (χ0v) is 10.6. The van der Waals surface area contributed by atoms with Gasteiger partial charge in [-0.3, -0.25) is 9.48 Å². The first-order valence-corrected chi connectivity index (χ1v) is 6.19. The summed E-state index contributed by atoms with van der Waals surface area (Å²) in [5, 5.41) is 7.63. The topological polar surface area (TPSA) is 46.9 Å². The van der Waals surface area contributed by atoms with E-state index in [1.807, 2.05) is 0 Å². The number of nitrogens with zero attached hydrogens (tertiary/aromatic N) is 2. The number of aromatic nitrogens is 2. The number of fused-ring (bicyclic) bond motifs is 1. The molecule has 2 aromatic rings. The second-order valence-electron chi connectivity index (χ2n) is 4.81. The van der Waals surface area contributed by atoms with E-state index in [9.17, 15) is 9.18 Å². The third-order valence-corrected chi connectivity index (χ3v) is 3.29. The third kappa shape index (κ3) is 2.01. The highest BCUT2D eigenvalue weighted by molar-refractivity contribution is 6.00. The maximum Gasteiger partial charge on any atom is 0.251 e. The summed E-state index contributed by atoms with van der Waals surface area (Å²) in [6, 6.07) is 3.17. The molecule has 0 radical (unpaired) electrons. The van der Waals surface area contributed by atoms with Gasteiger partial charge in [-0.15, -0.1) is 0 Å². The molecule has 0 atom stereocenters. The van der Waals surface area contributed by atoms with E-state index in [1.165, 1.54) is 10.7 Å². The molecule has 0 saturated heterocycles. The lowest BCUT2D eigenvalue weighted by Crippen LogP contribution is -2.25. The predicted molar refractivity (Wildman–Crippen MR) is 71.3 cm³/mol. The van der Waals surface area contributed by atoms with Crippen molar-refractivity contribution >= 4 is 22.9 Å². The summed E-state index contributed by atoms with van der Waals surface area (Å²) in [6.07, 6.45) is 3.56. The lowest BCUT2D eigenvalue weighted by Gasteiger charge is -2.04. The smallest absolute Gasteiger partial charge is 0.251 e. The Hall–Kier alpha value is -2.17. The van der Waals surface area contributed by atoms with Crippen molar-refractivity contribution in [3.05, 3.63) is 35.8 Å². The Kier molecular flexibility index (Phi) is 2.62. The van der Waals surface area contributed by atoms with Crippen molar-refractivity contribution in [1.82, 2.24) is 15.1 Å². The number of hydrogen-bond donors (Lipinski definition) is 1. The molecule has 1 amide bonds. The molecule has 1 heterocycles. The number of aryl methyl sites for hydroxylation is 1. The molecule has 1 aliphatic carbocycles. The van der Waals surface area contributed by atoms with Crippen molar-refractivity contribution < 1.29 is 9.18 Å². The van der Waals surface area contributed by atoms with Gasteiger partial charge in [-0.1, -0.05) is 6.58 Å². The van der Waals surface area contributed by atoms with E-state index in [0.29, 0.717) is 22.2 Å². The SMILES string of the molecule is C=Cc1nn(C)c2c(F)cc(C(=O)NC3CC3)cc12. The van der Waals surface area contributed by atoms with E-state index < -0.39 is 5.82 Å². The molecule has 1 N–H and O–H groups in total. The van der Waals surface area contributed by atoms with Crippen molar-refractivity contribution in [2.45, 2.75) is 18.9 Å². The first kappa shape index (κ1) is 11.9. The normalized spacial score (nSPS) is 14.6. The van der Waals surface area contributed by atoms with Gasteiger partial charge < -0.3 is 5.32 Å². The average Bonchev–Trinajstić information content (AvgIpc) is 3.12. The van der Waals surface area contributed by atoms with E-state index in [4.69, 9.17) is 0 Å². The number of halogens is 1. The van der Waals surface area contributed by atoms with Crippen LogP contribution in [0.2, 0.25) is 0 Å². The van der Waals surface area contributed by atoms with Crippen LogP contribution in [0.3, 0.4) is 0 Å². The highest BCUT2D eigenvalue weighted by atomic mass is 19.1. The van der Waals surface area contributed by atoms with Gasteiger partial charge in [0.25, 0.3) is 5.91 Å². The summed E-state index contributed by atoms with van der Waals surface area (Å²) < 4.78 is 15.6. The first-order chi connectivity index (χ1) is 9.10. The molecule has 0 unspecified atom stereocenters. The van der Waals surface area contributed by atoms with Crippen molar-refractivity contribution in [2.75, 3.05) is 0 Å². The maximum absolute atomic E-state index is 14.1. The quantitative estimate of drug-likeness (QED) is 0.919. The Balaban J connectivity index is 2.11. The summed E-state index contributed by atoms with van der Waals surface area (Å²) >= 11 is 0. The highest BCUT2D eigenvalue weighted by Gasteiger charge is 2.24. The molecular formula is C14H14FN3O. The van der Waals surface area contributed by atoms with E-state index in [1.54, 1.807) is 19.2 Å². The van der Waals surface area contributed by atoms with Gasteiger partial charge in [0.1, 0.15) is 11.3 Å². The molecule has 1 saturated carbocycles. The van der Waals surface area contributed by atoms with E-state index >= 15 is 0 Å². The fraction of sp³-hybridized carbons (Fsp3) is 0.286. The minimum Gasteiger partial charge on any atom is -0.349 e. The monoisotopic (exact) mass is 259 g/mol. The van der Waals surface area contributed by atoms with Crippen LogP contribution in [0.15, 0.2) is 18.7 Å². The fourth-order valence-electron chi connectivity index (χ4n) is 2.17. The van der Waals surface area contributed by atoms with Crippen LogP contribution in [0.1, 0.15) is 28.9 Å². The zero-order chi connectivity index (χ0) is 13.6. The number of nitrogens with one attached hydrogen (secondary N) is 1. The van der Waals surface area contributed by atoms with Crippen molar-refractivity contribution in [2.24, 2.45) is 7.05 Å². The molecule has 0 spiro atoms. The number of carbonyl (C=O) groups is 1. The Morgan fingerprint density at radius 2 is 2.32 bits per heavy atom. The van der Waals surface area contributed by atoms with Crippen molar-refractivity contribution in [3.8, 4) is 0 Å². The molecule has 1 aliphatic rings. The predicted octanol–water partition coefficient (Wildman–Crippen LogP) is 2.25. The van der Waals surface area contributed by atoms with Crippen LogP contribution < -0.4 is 5.32 Å². The molecule has 0 bridgehead atoms. The average molecular weight is 259 g/mol. The van der Waals surface area contributed by atoms with E-state index in [0.717, 1.165) is 12.8 Å². The summed E-state index contributed by atoms with van der Waals surface area (Å²) in [5.41, 5.74) is 1.29. The van der Waals surface area contributed by atoms with Gasteiger partial charge in [0.2, 0.25) is 0 Å². The van der Waals surface area contributed by atoms with Gasteiger partial charge in [-0.2, -0.15) is 5.10 Å². The second kappa shape index (κ2) is 4.19. The summed E-state index contributed by atoms with van der Waals surface area (Å²) in [4.78, 5) is 12.0. The molecule has 1 aromatic carbocycles. The summed E-state index contributed by atoms with van der Waals surface area (Å²) in [5.74, 6) is -0.677. The first-order valence-electron chi connectivity index (χ1n) is 6.19. The Labute approximate surface area is 109 Å². The van der Waals surface area contributed by atoms with Gasteiger partial charge >= 0.3 is 0 Å². The number of carbonyl (C=O) groups excluding carboxylic acids is 1. The number of rotatable bonds is 3. The van der Waals surface area contributed by atoms with Crippen LogP contribution in [0.4, 0.5) is 4.39 Å². The molecule has 0 aliphatic heterocycles. The van der Waals surface area contributed by atoms with Crippen LogP contribution in [-0.2, 0) is 7.05 Å². The van der Waals surface area contributed by atoms with Crippen molar-refractivity contribution in [1.29, 1.82) is 0 Å². The molecule has 4 nitrogen and oxygen atoms in total. The second-order valence-corrected chi connectivity index (χ2v) is 4.81. The van der Waals surface area contributed by atoms with Crippen LogP contribution in [0.25, 0.3) is 17.0 Å². The van der Waals surface area contributed by atoms with Gasteiger partial charge in [-0.25, -0.2) is 4.39 Å². The Morgan fingerprint density at radius 3 is 2.95 bits per heavy atom. The Morgan fingerprint density at radius 1 is 1.58 bits per heavy atom. The number of benzene rings is 1. The third-order valence-electron chi connectivity index (χ3n) is 3.29. The van der Waals surface area contributed by atoms with Gasteiger partial charge in [0, 0.05) is 24.0 Å². The molecular weight excluding hydrogens is 245 g/mol. The highest BCUT2D eigenvalue weighted by Crippen LogP contribution is 2.25. The van der Waals surface area contributed by atoms with E-state index in [2.05, 4.69) is 17.0 Å². The van der Waals surface area contributed by atoms with Crippen molar-refractivity contribution in [3.63, 3.8) is 0 Å². The molecule has 5 heteroatoms. The minimum absolute atomic E-state index is 0.234. The Bertz CT molecular complexity index is 686. The van der Waals surface area contributed by atoms with Crippen LogP contribution in [-0.4, -0.2) is 21.7 Å². The number of amides is 1. The fourth-order valence-corrected chi connectivity index (χ4v) is 2.17. The maximum atomic E-state index is 14.1. The van der Waals surface area contributed by atoms with Crippen LogP contribution >= 0.6 is 0 Å². The standard InChI is InChI=1S/C14H14FN3O/c1-3-12-10-6-8(14(19)16-9-4-5-9)7-11(15)13(10)18(2)17-12/h3,6-7,9H,1,4-5H2,2H3,(H,16,19).